The van der Waals surface area contributed by atoms with Crippen LogP contribution in [-0.4, -0.2) is 0 Å². The lowest BCUT2D eigenvalue weighted by atomic mass is 9.99. The van der Waals surface area contributed by atoms with Crippen LogP contribution in [0.3, 0.4) is 0 Å². The van der Waals surface area contributed by atoms with Crippen LogP contribution in [0.5, 0.6) is 0 Å². The molecule has 94 valence electrons. The Morgan fingerprint density at radius 3 is 2.39 bits per heavy atom. The molecule has 3 N–H and O–H groups in total. The van der Waals surface area contributed by atoms with Gasteiger partial charge in [-0.05, 0) is 29.3 Å². The molecule has 2 aromatic rings. The third-order valence-corrected chi connectivity index (χ3v) is 3.29. The largest absolute Gasteiger partial charge is 0.271 e. The van der Waals surface area contributed by atoms with Crippen LogP contribution < -0.4 is 11.3 Å². The minimum Gasteiger partial charge on any atom is -0.271 e. The Balaban J connectivity index is 2.45. The molecule has 0 fully saturated rings. The monoisotopic (exact) mass is 284 g/mol. The molecule has 18 heavy (non-hydrogen) atoms. The summed E-state index contributed by atoms with van der Waals surface area (Å²) in [5, 5.41) is 0.640. The lowest BCUT2D eigenvalue weighted by molar-refractivity contribution is 0.616. The average molecular weight is 285 g/mol. The van der Waals surface area contributed by atoms with E-state index in [1.165, 1.54) is 12.1 Å². The molecule has 5 heteroatoms. The lowest BCUT2D eigenvalue weighted by Gasteiger charge is -2.18. The number of nitrogens with one attached hydrogen (secondary N) is 1. The van der Waals surface area contributed by atoms with Crippen molar-refractivity contribution in [2.45, 2.75) is 6.04 Å². The Hall–Kier alpha value is -1.13. The summed E-state index contributed by atoms with van der Waals surface area (Å²) in [6.45, 7) is 0. The van der Waals surface area contributed by atoms with Crippen molar-refractivity contribution in [3.63, 3.8) is 0 Å². The van der Waals surface area contributed by atoms with Crippen LogP contribution in [0.1, 0.15) is 17.2 Å². The summed E-state index contributed by atoms with van der Waals surface area (Å²) in [5.74, 6) is 5.09. The summed E-state index contributed by atoms with van der Waals surface area (Å²) in [5.41, 5.74) is 4.21. The molecule has 0 radical (unpaired) electrons. The quantitative estimate of drug-likeness (QED) is 0.666. The van der Waals surface area contributed by atoms with Gasteiger partial charge in [-0.2, -0.15) is 0 Å². The highest BCUT2D eigenvalue weighted by molar-refractivity contribution is 6.31. The van der Waals surface area contributed by atoms with Gasteiger partial charge in [0.1, 0.15) is 5.82 Å². The predicted molar refractivity (Wildman–Crippen MR) is 72.0 cm³/mol. The summed E-state index contributed by atoms with van der Waals surface area (Å²) in [6, 6.07) is 11.4. The van der Waals surface area contributed by atoms with Crippen molar-refractivity contribution in [3.05, 3.63) is 69.5 Å². The van der Waals surface area contributed by atoms with E-state index < -0.39 is 5.82 Å². The first-order chi connectivity index (χ1) is 8.63. The maximum Gasteiger partial charge on any atom is 0.141 e. The second-order valence-electron chi connectivity index (χ2n) is 3.79. The van der Waals surface area contributed by atoms with Crippen molar-refractivity contribution < 1.29 is 4.39 Å². The topological polar surface area (TPSA) is 38.0 Å². The fraction of sp³-hybridized carbons (Fsp3) is 0.0769. The van der Waals surface area contributed by atoms with E-state index in [9.17, 15) is 4.39 Å². The molecule has 0 aromatic heterocycles. The SMILES string of the molecule is NNC(c1ccc(F)c(Cl)c1)c1ccccc1Cl. The fourth-order valence-corrected chi connectivity index (χ4v) is 2.20. The van der Waals surface area contributed by atoms with E-state index in [4.69, 9.17) is 29.0 Å². The van der Waals surface area contributed by atoms with Gasteiger partial charge in [-0.15, -0.1) is 0 Å². The Labute approximate surface area is 114 Å². The van der Waals surface area contributed by atoms with Gasteiger partial charge in [-0.3, -0.25) is 5.84 Å². The minimum absolute atomic E-state index is 0.0554. The van der Waals surface area contributed by atoms with Crippen molar-refractivity contribution in [1.82, 2.24) is 5.43 Å². The maximum atomic E-state index is 13.1. The Bertz CT molecular complexity index is 560. The molecule has 0 bridgehead atoms. The summed E-state index contributed by atoms with van der Waals surface area (Å²) in [4.78, 5) is 0. The molecule has 1 atom stereocenters. The molecule has 0 aliphatic carbocycles. The number of hydrogen-bond donors (Lipinski definition) is 2. The molecule has 2 nitrogen and oxygen atoms in total. The third-order valence-electron chi connectivity index (χ3n) is 2.66. The van der Waals surface area contributed by atoms with Crippen LogP contribution in [0.15, 0.2) is 42.5 Å². The van der Waals surface area contributed by atoms with Gasteiger partial charge in [0.25, 0.3) is 0 Å². The molecule has 0 heterocycles. The predicted octanol–water partition coefficient (Wildman–Crippen LogP) is 3.69. The lowest BCUT2D eigenvalue weighted by Crippen LogP contribution is -2.29. The molecule has 2 rings (SSSR count). The van der Waals surface area contributed by atoms with Gasteiger partial charge in [0, 0.05) is 5.02 Å². The number of nitrogens with two attached hydrogens (primary N) is 1. The first kappa shape index (κ1) is 13.3. The van der Waals surface area contributed by atoms with Gasteiger partial charge in [0.15, 0.2) is 0 Å². The molecular formula is C13H11Cl2FN2. The second kappa shape index (κ2) is 5.67. The van der Waals surface area contributed by atoms with Gasteiger partial charge in [-0.25, -0.2) is 9.82 Å². The van der Waals surface area contributed by atoms with Crippen LogP contribution in [0.25, 0.3) is 0 Å². The zero-order valence-corrected chi connectivity index (χ0v) is 10.8. The van der Waals surface area contributed by atoms with Crippen LogP contribution in [0, 0.1) is 5.82 Å². The highest BCUT2D eigenvalue weighted by atomic mass is 35.5. The molecule has 0 saturated carbocycles. The average Bonchev–Trinajstić information content (AvgIpc) is 2.37. The van der Waals surface area contributed by atoms with Gasteiger partial charge < -0.3 is 0 Å². The zero-order valence-electron chi connectivity index (χ0n) is 9.33. The van der Waals surface area contributed by atoms with E-state index in [1.54, 1.807) is 12.1 Å². The van der Waals surface area contributed by atoms with Crippen LogP contribution in [0.4, 0.5) is 4.39 Å². The van der Waals surface area contributed by atoms with Gasteiger partial charge in [0.05, 0.1) is 11.1 Å². The Morgan fingerprint density at radius 2 is 1.78 bits per heavy atom. The number of rotatable bonds is 3. The fourth-order valence-electron chi connectivity index (χ4n) is 1.77. The Morgan fingerprint density at radius 1 is 1.06 bits per heavy atom. The van der Waals surface area contributed by atoms with Crippen LogP contribution in [0.2, 0.25) is 10.0 Å². The second-order valence-corrected chi connectivity index (χ2v) is 4.61. The maximum absolute atomic E-state index is 13.1. The van der Waals surface area contributed by atoms with E-state index >= 15 is 0 Å². The van der Waals surface area contributed by atoms with E-state index in [0.29, 0.717) is 5.02 Å². The van der Waals surface area contributed by atoms with Crippen molar-refractivity contribution in [2.24, 2.45) is 5.84 Å². The van der Waals surface area contributed by atoms with Crippen LogP contribution >= 0.6 is 23.2 Å². The van der Waals surface area contributed by atoms with E-state index in [1.807, 2.05) is 18.2 Å². The van der Waals surface area contributed by atoms with Crippen molar-refractivity contribution >= 4 is 23.2 Å². The third kappa shape index (κ3) is 2.65. The van der Waals surface area contributed by atoms with Crippen molar-refractivity contribution in [1.29, 1.82) is 0 Å². The molecule has 0 aliphatic rings. The van der Waals surface area contributed by atoms with Gasteiger partial charge in [0.2, 0.25) is 0 Å². The number of halogens is 3. The molecule has 0 amide bonds. The minimum atomic E-state index is -0.463. The zero-order chi connectivity index (χ0) is 13.1. The standard InChI is InChI=1S/C13H11Cl2FN2/c14-10-4-2-1-3-9(10)13(18-17)8-5-6-12(16)11(15)7-8/h1-7,13,18H,17H2. The van der Waals surface area contributed by atoms with E-state index in [0.717, 1.165) is 11.1 Å². The first-order valence-corrected chi connectivity index (χ1v) is 6.04. The smallest absolute Gasteiger partial charge is 0.141 e. The normalized spacial score (nSPS) is 12.4. The molecule has 2 aromatic carbocycles. The number of benzene rings is 2. The highest BCUT2D eigenvalue weighted by Gasteiger charge is 2.16. The Kier molecular flexibility index (Phi) is 4.19. The summed E-state index contributed by atoms with van der Waals surface area (Å²) in [7, 11) is 0. The van der Waals surface area contributed by atoms with Crippen LogP contribution in [-0.2, 0) is 0 Å². The highest BCUT2D eigenvalue weighted by Crippen LogP contribution is 2.29. The molecule has 0 aliphatic heterocycles. The molecule has 0 spiro atoms. The summed E-state index contributed by atoms with van der Waals surface area (Å²) < 4.78 is 13.1. The number of hydrogen-bond acceptors (Lipinski definition) is 2. The molecular weight excluding hydrogens is 274 g/mol. The number of hydrazine groups is 1. The van der Waals surface area contributed by atoms with Crippen molar-refractivity contribution in [2.75, 3.05) is 0 Å². The summed E-state index contributed by atoms with van der Waals surface area (Å²) in [6.07, 6.45) is 0. The van der Waals surface area contributed by atoms with Gasteiger partial charge in [-0.1, -0.05) is 47.5 Å². The van der Waals surface area contributed by atoms with Crippen molar-refractivity contribution in [3.8, 4) is 0 Å². The van der Waals surface area contributed by atoms with Gasteiger partial charge >= 0.3 is 0 Å². The molecule has 0 saturated heterocycles. The molecule has 1 unspecified atom stereocenters. The van der Waals surface area contributed by atoms with E-state index in [-0.39, 0.29) is 11.1 Å². The van der Waals surface area contributed by atoms with E-state index in [2.05, 4.69) is 5.43 Å². The summed E-state index contributed by atoms with van der Waals surface area (Å²) >= 11 is 11.9. The first-order valence-electron chi connectivity index (χ1n) is 5.29.